The SMILES string of the molecule is C=C1/N=C2\Nc3ccc(CN4CCN(C(=C)C5CN(c6cc(F)cc(F)c6)CC5(C)C)CC4)cc3N2C[C@H](C)CCCC/C(NC2CC2)=C(/C=N)c2cc1cc(C)n2. The standard InChI is InChI=1S/C47H59F2N9/c1-30-9-7-8-10-42(53-38-12-13-38)40(25-50)44-21-35(19-31(2)51-44)32(3)52-46-54-43-14-11-34(20-45(43)58(46)26-30)27-55-15-17-56(18-16-55)33(4)41-28-57(29-47(41,5)6)39-23-36(48)22-37(49)24-39/h11,14,19-25,30,38,41,50,53H,3-4,7-10,12-13,15-18,26-29H2,1-2,5-6H3,(H,52,54)/b42-40+,50-25?/t30-,41?/m1/s1. The highest BCUT2D eigenvalue weighted by atomic mass is 19.1. The Labute approximate surface area is 343 Å². The molecule has 3 N–H and O–H groups in total. The summed E-state index contributed by atoms with van der Waals surface area (Å²) in [5.74, 6) is 0.316. The van der Waals surface area contributed by atoms with Crippen molar-refractivity contribution in [3.05, 3.63) is 107 Å². The molecule has 1 unspecified atom stereocenters. The molecule has 2 saturated heterocycles. The summed E-state index contributed by atoms with van der Waals surface area (Å²) >= 11 is 0. The number of allylic oxidation sites excluding steroid dienone is 2. The second kappa shape index (κ2) is 16.3. The van der Waals surface area contributed by atoms with E-state index >= 15 is 0 Å². The Kier molecular flexibility index (Phi) is 11.2. The lowest BCUT2D eigenvalue weighted by Crippen LogP contribution is -2.47. The number of hydrogen-bond donors (Lipinski definition) is 3. The molecule has 4 aliphatic heterocycles. The Hall–Kier alpha value is -5.03. The number of aromatic nitrogens is 1. The average Bonchev–Trinajstić information content (AvgIpc) is 3.86. The van der Waals surface area contributed by atoms with E-state index in [1.165, 1.54) is 36.8 Å². The molecule has 5 aliphatic rings. The molecule has 3 aromatic rings. The summed E-state index contributed by atoms with van der Waals surface area (Å²) in [6.45, 7) is 24.6. The molecule has 2 atom stereocenters. The Morgan fingerprint density at radius 2 is 1.76 bits per heavy atom. The number of nitrogens with one attached hydrogen (secondary N) is 3. The zero-order valence-electron chi connectivity index (χ0n) is 34.7. The number of piperazine rings is 1. The van der Waals surface area contributed by atoms with Gasteiger partial charge in [0.1, 0.15) is 11.6 Å². The number of benzene rings is 2. The van der Waals surface area contributed by atoms with Crippen molar-refractivity contribution in [2.75, 3.05) is 60.9 Å². The largest absolute Gasteiger partial charge is 0.385 e. The van der Waals surface area contributed by atoms with Gasteiger partial charge in [-0.3, -0.25) is 9.88 Å². The van der Waals surface area contributed by atoms with Gasteiger partial charge in [-0.2, -0.15) is 0 Å². The minimum Gasteiger partial charge on any atom is -0.385 e. The number of nitrogens with zero attached hydrogens (tertiary/aromatic N) is 6. The summed E-state index contributed by atoms with van der Waals surface area (Å²) in [5.41, 5.74) is 10.3. The van der Waals surface area contributed by atoms with Gasteiger partial charge < -0.3 is 30.7 Å². The van der Waals surface area contributed by atoms with E-state index in [2.05, 4.69) is 82.4 Å². The third kappa shape index (κ3) is 8.70. The predicted octanol–water partition coefficient (Wildman–Crippen LogP) is 9.04. The van der Waals surface area contributed by atoms with E-state index in [-0.39, 0.29) is 11.3 Å². The van der Waals surface area contributed by atoms with Gasteiger partial charge in [0, 0.05) is 111 Å². The maximum Gasteiger partial charge on any atom is 0.208 e. The van der Waals surface area contributed by atoms with Crippen LogP contribution in [0.2, 0.25) is 0 Å². The zero-order valence-corrected chi connectivity index (χ0v) is 34.7. The van der Waals surface area contributed by atoms with Crippen LogP contribution in [0.4, 0.5) is 25.8 Å². The lowest BCUT2D eigenvalue weighted by molar-refractivity contribution is 0.133. The van der Waals surface area contributed by atoms with E-state index in [0.717, 1.165) is 129 Å². The number of hydrogen-bond acceptors (Lipinski definition) is 9. The molecule has 1 saturated carbocycles. The van der Waals surface area contributed by atoms with Gasteiger partial charge in [0.25, 0.3) is 0 Å². The number of fused-ring (bicyclic) bond motifs is 5. The first-order chi connectivity index (χ1) is 27.8. The summed E-state index contributed by atoms with van der Waals surface area (Å²) in [7, 11) is 0. The molecule has 1 aromatic heterocycles. The zero-order chi connectivity index (χ0) is 40.7. The fourth-order valence-electron chi connectivity index (χ4n) is 9.30. The van der Waals surface area contributed by atoms with Crippen molar-refractivity contribution in [3.63, 3.8) is 0 Å². The highest BCUT2D eigenvalue weighted by molar-refractivity contribution is 6.16. The van der Waals surface area contributed by atoms with Gasteiger partial charge in [-0.25, -0.2) is 13.8 Å². The molecule has 0 spiro atoms. The van der Waals surface area contributed by atoms with Crippen molar-refractivity contribution in [3.8, 4) is 0 Å². The Morgan fingerprint density at radius 1 is 1.00 bits per heavy atom. The van der Waals surface area contributed by atoms with Crippen LogP contribution in [0.1, 0.15) is 81.8 Å². The lowest BCUT2D eigenvalue weighted by atomic mass is 9.80. The number of guanidine groups is 1. The fourth-order valence-corrected chi connectivity index (χ4v) is 9.30. The molecule has 306 valence electrons. The van der Waals surface area contributed by atoms with Gasteiger partial charge in [0.05, 0.1) is 22.8 Å². The molecule has 3 fully saturated rings. The number of aliphatic imine (C=N–C) groups is 1. The molecule has 8 rings (SSSR count). The van der Waals surface area contributed by atoms with Crippen molar-refractivity contribution in [2.24, 2.45) is 22.2 Å². The molecule has 11 heteroatoms. The fraction of sp³-hybridized carbons (Fsp3) is 0.468. The topological polar surface area (TPSA) is 86.1 Å². The van der Waals surface area contributed by atoms with Crippen LogP contribution in [0.3, 0.4) is 0 Å². The van der Waals surface area contributed by atoms with E-state index in [1.807, 2.05) is 19.1 Å². The van der Waals surface area contributed by atoms with Gasteiger partial charge >= 0.3 is 0 Å². The first kappa shape index (κ1) is 39.8. The summed E-state index contributed by atoms with van der Waals surface area (Å²) in [6.07, 6.45) is 7.96. The van der Waals surface area contributed by atoms with Crippen molar-refractivity contribution >= 4 is 40.5 Å². The van der Waals surface area contributed by atoms with Crippen molar-refractivity contribution in [2.45, 2.75) is 78.8 Å². The van der Waals surface area contributed by atoms with E-state index in [1.54, 1.807) is 0 Å². The molecule has 0 radical (unpaired) electrons. The number of pyridine rings is 1. The number of rotatable bonds is 8. The van der Waals surface area contributed by atoms with Crippen LogP contribution >= 0.6 is 0 Å². The number of aryl methyl sites for hydroxylation is 1. The van der Waals surface area contributed by atoms with E-state index in [4.69, 9.17) is 15.4 Å². The molecule has 58 heavy (non-hydrogen) atoms. The summed E-state index contributed by atoms with van der Waals surface area (Å²) in [4.78, 5) is 19.4. The molecular weight excluding hydrogens is 729 g/mol. The van der Waals surface area contributed by atoms with Crippen molar-refractivity contribution in [1.29, 1.82) is 5.41 Å². The highest BCUT2D eigenvalue weighted by Gasteiger charge is 2.43. The Bertz CT molecular complexity index is 2120. The minimum atomic E-state index is -0.546. The monoisotopic (exact) mass is 787 g/mol. The summed E-state index contributed by atoms with van der Waals surface area (Å²) in [6, 6.07) is 15.1. The second-order valence-corrected chi connectivity index (χ2v) is 18.0. The normalized spacial score (nSPS) is 24.9. The third-order valence-electron chi connectivity index (χ3n) is 12.7. The average molecular weight is 788 g/mol. The molecule has 1 aliphatic carbocycles. The van der Waals surface area contributed by atoms with Gasteiger partial charge in [-0.1, -0.05) is 46.4 Å². The first-order valence-electron chi connectivity index (χ1n) is 21.2. The van der Waals surface area contributed by atoms with Gasteiger partial charge in [-0.15, -0.1) is 0 Å². The van der Waals surface area contributed by atoms with Crippen LogP contribution < -0.4 is 20.4 Å². The molecule has 2 bridgehead atoms. The Balaban J connectivity index is 0.960. The maximum absolute atomic E-state index is 14.1. The molecular formula is C47H59F2N9. The van der Waals surface area contributed by atoms with E-state index in [9.17, 15) is 8.78 Å². The molecule has 0 amide bonds. The lowest BCUT2D eigenvalue weighted by Gasteiger charge is -2.41. The minimum absolute atomic E-state index is 0.0828. The quantitative estimate of drug-likeness (QED) is 0.197. The highest BCUT2D eigenvalue weighted by Crippen LogP contribution is 2.43. The van der Waals surface area contributed by atoms with Crippen LogP contribution in [-0.4, -0.2) is 78.8 Å². The third-order valence-corrected chi connectivity index (χ3v) is 12.7. The van der Waals surface area contributed by atoms with Gasteiger partial charge in [0.15, 0.2) is 0 Å². The summed E-state index contributed by atoms with van der Waals surface area (Å²) < 4.78 is 28.2. The smallest absolute Gasteiger partial charge is 0.208 e. The van der Waals surface area contributed by atoms with E-state index < -0.39 is 11.6 Å². The maximum atomic E-state index is 14.1. The molecule has 9 nitrogen and oxygen atoms in total. The van der Waals surface area contributed by atoms with Crippen molar-refractivity contribution < 1.29 is 8.78 Å². The van der Waals surface area contributed by atoms with Gasteiger partial charge in [0.2, 0.25) is 5.96 Å². The van der Waals surface area contributed by atoms with Crippen LogP contribution in [0.15, 0.2) is 78.1 Å². The predicted molar refractivity (Wildman–Crippen MR) is 234 cm³/mol. The number of anilines is 3. The van der Waals surface area contributed by atoms with Crippen LogP contribution in [0.25, 0.3) is 11.3 Å². The molecule has 2 aromatic carbocycles. The summed E-state index contributed by atoms with van der Waals surface area (Å²) in [5, 5.41) is 15.8. The van der Waals surface area contributed by atoms with Crippen LogP contribution in [0.5, 0.6) is 0 Å². The Morgan fingerprint density at radius 3 is 2.48 bits per heavy atom. The number of halogens is 2. The first-order valence-corrected chi connectivity index (χ1v) is 21.2. The van der Waals surface area contributed by atoms with Crippen LogP contribution in [-0.2, 0) is 6.54 Å². The van der Waals surface area contributed by atoms with Crippen molar-refractivity contribution in [1.82, 2.24) is 20.1 Å². The second-order valence-electron chi connectivity index (χ2n) is 18.0. The van der Waals surface area contributed by atoms with Gasteiger partial charge in [-0.05, 0) is 92.3 Å². The van der Waals surface area contributed by atoms with Crippen LogP contribution in [0, 0.1) is 41.2 Å². The molecule has 5 heterocycles. The van der Waals surface area contributed by atoms with E-state index in [0.29, 0.717) is 29.9 Å².